The number of rotatable bonds is 2. The Labute approximate surface area is 60.6 Å². The molecule has 0 unspecified atom stereocenters. The number of pyridine rings is 1. The van der Waals surface area contributed by atoms with Gasteiger partial charge in [-0.15, -0.1) is 0 Å². The van der Waals surface area contributed by atoms with Crippen molar-refractivity contribution in [2.45, 2.75) is 13.0 Å². The van der Waals surface area contributed by atoms with Gasteiger partial charge < -0.3 is 0 Å². The van der Waals surface area contributed by atoms with Crippen molar-refractivity contribution in [1.82, 2.24) is 4.98 Å². The van der Waals surface area contributed by atoms with Crippen molar-refractivity contribution in [1.29, 1.82) is 0 Å². The second-order valence-corrected chi connectivity index (χ2v) is 2.11. The summed E-state index contributed by atoms with van der Waals surface area (Å²) < 4.78 is 0. The Hall–Kier alpha value is -1.18. The molecule has 0 amide bonds. The predicted molar refractivity (Wildman–Crippen MR) is 42.2 cm³/mol. The average molecular weight is 134 g/mol. The normalized spacial score (nSPS) is 12.5. The molecule has 1 heterocycles. The van der Waals surface area contributed by atoms with Crippen LogP contribution in [0.25, 0.3) is 0 Å². The zero-order valence-corrected chi connectivity index (χ0v) is 5.99. The molecule has 2 heteroatoms. The topological polar surface area (TPSA) is 25.2 Å². The van der Waals surface area contributed by atoms with E-state index in [0.717, 1.165) is 5.69 Å². The Kier molecular flexibility index (Phi) is 2.15. The van der Waals surface area contributed by atoms with E-state index in [9.17, 15) is 0 Å². The van der Waals surface area contributed by atoms with Gasteiger partial charge in [0.15, 0.2) is 0 Å². The fourth-order valence-corrected chi connectivity index (χ4v) is 0.717. The second kappa shape index (κ2) is 3.11. The molecule has 0 bridgehead atoms. The Balaban J connectivity index is 2.84. The summed E-state index contributed by atoms with van der Waals surface area (Å²) in [4.78, 5) is 7.96. The van der Waals surface area contributed by atoms with E-state index in [-0.39, 0.29) is 6.04 Å². The largest absolute Gasteiger partial charge is 0.292 e. The van der Waals surface area contributed by atoms with Crippen LogP contribution in [0.3, 0.4) is 0 Å². The molecule has 1 aromatic rings. The Morgan fingerprint density at radius 1 is 1.60 bits per heavy atom. The zero-order valence-electron chi connectivity index (χ0n) is 5.99. The number of aliphatic imine (C=N–C) groups is 1. The molecule has 0 aliphatic heterocycles. The molecule has 10 heavy (non-hydrogen) atoms. The number of hydrogen-bond acceptors (Lipinski definition) is 2. The molecule has 0 fully saturated rings. The monoisotopic (exact) mass is 134 g/mol. The maximum Gasteiger partial charge on any atom is 0.0884 e. The van der Waals surface area contributed by atoms with Crippen molar-refractivity contribution >= 4 is 6.72 Å². The molecule has 0 N–H and O–H groups in total. The van der Waals surface area contributed by atoms with Gasteiger partial charge in [-0.1, -0.05) is 6.07 Å². The van der Waals surface area contributed by atoms with Crippen molar-refractivity contribution in [2.75, 3.05) is 0 Å². The van der Waals surface area contributed by atoms with Gasteiger partial charge in [-0.2, -0.15) is 0 Å². The van der Waals surface area contributed by atoms with Crippen LogP contribution in [-0.4, -0.2) is 11.7 Å². The molecule has 0 aromatic carbocycles. The summed E-state index contributed by atoms with van der Waals surface area (Å²) >= 11 is 0. The second-order valence-electron chi connectivity index (χ2n) is 2.11. The van der Waals surface area contributed by atoms with Crippen LogP contribution in [0.15, 0.2) is 29.4 Å². The predicted octanol–water partition coefficient (Wildman–Crippen LogP) is 1.84. The van der Waals surface area contributed by atoms with Gasteiger partial charge in [0.25, 0.3) is 0 Å². The smallest absolute Gasteiger partial charge is 0.0884 e. The third-order valence-electron chi connectivity index (χ3n) is 1.39. The zero-order chi connectivity index (χ0) is 7.40. The molecule has 0 aliphatic rings. The van der Waals surface area contributed by atoms with Gasteiger partial charge in [0, 0.05) is 6.20 Å². The maximum absolute atomic E-state index is 4.12. The van der Waals surface area contributed by atoms with E-state index in [2.05, 4.69) is 16.7 Å². The summed E-state index contributed by atoms with van der Waals surface area (Å²) in [5.41, 5.74) is 0.970. The highest BCUT2D eigenvalue weighted by atomic mass is 14.8. The van der Waals surface area contributed by atoms with E-state index in [4.69, 9.17) is 0 Å². The van der Waals surface area contributed by atoms with Crippen LogP contribution in [0.4, 0.5) is 0 Å². The first-order valence-corrected chi connectivity index (χ1v) is 3.21. The van der Waals surface area contributed by atoms with Gasteiger partial charge in [0.05, 0.1) is 11.7 Å². The summed E-state index contributed by atoms with van der Waals surface area (Å²) in [5, 5.41) is 0. The highest BCUT2D eigenvalue weighted by Crippen LogP contribution is 2.10. The standard InChI is InChI=1S/C8H10N2/c1-7(9-2)8-5-3-4-6-10-8/h3-7H,2H2,1H3/t7-/m1/s1. The van der Waals surface area contributed by atoms with E-state index < -0.39 is 0 Å². The van der Waals surface area contributed by atoms with Gasteiger partial charge in [-0.3, -0.25) is 9.98 Å². The van der Waals surface area contributed by atoms with Gasteiger partial charge in [0.2, 0.25) is 0 Å². The summed E-state index contributed by atoms with van der Waals surface area (Å²) in [5.74, 6) is 0. The minimum Gasteiger partial charge on any atom is -0.292 e. The minimum absolute atomic E-state index is 0.112. The van der Waals surface area contributed by atoms with Crippen LogP contribution in [0, 0.1) is 0 Å². The molecule has 0 saturated carbocycles. The molecule has 52 valence electrons. The lowest BCUT2D eigenvalue weighted by atomic mass is 10.2. The lowest BCUT2D eigenvalue weighted by molar-refractivity contribution is 0.790. The average Bonchev–Trinajstić information content (AvgIpc) is 2.05. The Morgan fingerprint density at radius 2 is 2.40 bits per heavy atom. The van der Waals surface area contributed by atoms with E-state index in [1.165, 1.54) is 0 Å². The van der Waals surface area contributed by atoms with Crippen LogP contribution in [0.2, 0.25) is 0 Å². The molecule has 0 spiro atoms. The highest BCUT2D eigenvalue weighted by Gasteiger charge is 1.99. The molecule has 0 saturated heterocycles. The van der Waals surface area contributed by atoms with Gasteiger partial charge in [-0.05, 0) is 25.8 Å². The van der Waals surface area contributed by atoms with Crippen molar-refractivity contribution in [3.8, 4) is 0 Å². The third kappa shape index (κ3) is 1.41. The summed E-state index contributed by atoms with van der Waals surface area (Å²) in [7, 11) is 0. The molecule has 0 radical (unpaired) electrons. The lowest BCUT2D eigenvalue weighted by Crippen LogP contribution is -1.90. The van der Waals surface area contributed by atoms with Crippen LogP contribution < -0.4 is 0 Å². The number of nitrogens with zero attached hydrogens (tertiary/aromatic N) is 2. The first-order valence-electron chi connectivity index (χ1n) is 3.21. The van der Waals surface area contributed by atoms with E-state index in [1.807, 2.05) is 25.1 Å². The minimum atomic E-state index is 0.112. The molecule has 2 nitrogen and oxygen atoms in total. The molecule has 0 aliphatic carbocycles. The van der Waals surface area contributed by atoms with Crippen LogP contribution in [0.1, 0.15) is 18.7 Å². The van der Waals surface area contributed by atoms with Crippen molar-refractivity contribution < 1.29 is 0 Å². The summed E-state index contributed by atoms with van der Waals surface area (Å²) in [6, 6.07) is 5.89. The van der Waals surface area contributed by atoms with E-state index in [0.29, 0.717) is 0 Å². The third-order valence-corrected chi connectivity index (χ3v) is 1.39. The molecule has 1 rings (SSSR count). The van der Waals surface area contributed by atoms with Crippen molar-refractivity contribution in [3.63, 3.8) is 0 Å². The molecular weight excluding hydrogens is 124 g/mol. The van der Waals surface area contributed by atoms with Crippen LogP contribution in [0.5, 0.6) is 0 Å². The SMILES string of the molecule is C=N[C@H](C)c1ccccn1. The lowest BCUT2D eigenvalue weighted by Gasteiger charge is -2.01. The van der Waals surface area contributed by atoms with Gasteiger partial charge >= 0.3 is 0 Å². The van der Waals surface area contributed by atoms with Crippen molar-refractivity contribution in [3.05, 3.63) is 30.1 Å². The quantitative estimate of drug-likeness (QED) is 0.566. The van der Waals surface area contributed by atoms with E-state index >= 15 is 0 Å². The molecule has 1 atom stereocenters. The fourth-order valence-electron chi connectivity index (χ4n) is 0.717. The Bertz CT molecular complexity index is 206. The summed E-state index contributed by atoms with van der Waals surface area (Å²) in [6.07, 6.45) is 1.76. The molecule has 1 aromatic heterocycles. The highest BCUT2D eigenvalue weighted by molar-refractivity contribution is 5.25. The summed E-state index contributed by atoms with van der Waals surface area (Å²) in [6.45, 7) is 5.41. The van der Waals surface area contributed by atoms with E-state index in [1.54, 1.807) is 6.20 Å². The molecular formula is C8H10N2. The first kappa shape index (κ1) is 6.93. The number of hydrogen-bond donors (Lipinski definition) is 0. The number of aromatic nitrogens is 1. The van der Waals surface area contributed by atoms with Gasteiger partial charge in [-0.25, -0.2) is 0 Å². The fraction of sp³-hybridized carbons (Fsp3) is 0.250. The first-order chi connectivity index (χ1) is 4.84. The van der Waals surface area contributed by atoms with Crippen LogP contribution in [-0.2, 0) is 0 Å². The van der Waals surface area contributed by atoms with Crippen LogP contribution >= 0.6 is 0 Å². The van der Waals surface area contributed by atoms with Crippen molar-refractivity contribution in [2.24, 2.45) is 4.99 Å². The maximum atomic E-state index is 4.12. The Morgan fingerprint density at radius 3 is 2.90 bits per heavy atom. The van der Waals surface area contributed by atoms with Gasteiger partial charge in [0.1, 0.15) is 0 Å².